The lowest BCUT2D eigenvalue weighted by Gasteiger charge is -2.03. The fourth-order valence-electron chi connectivity index (χ4n) is 1.20. The van der Waals surface area contributed by atoms with Crippen LogP contribution in [0.3, 0.4) is 0 Å². The predicted molar refractivity (Wildman–Crippen MR) is 65.3 cm³/mol. The molecule has 0 atom stereocenters. The maximum atomic E-state index is 11.1. The van der Waals surface area contributed by atoms with Crippen LogP contribution in [0.15, 0.2) is 23.3 Å². The minimum atomic E-state index is -0.378. The van der Waals surface area contributed by atoms with E-state index >= 15 is 0 Å². The summed E-state index contributed by atoms with van der Waals surface area (Å²) in [5.74, 6) is -0.530. The smallest absolute Gasteiger partial charge is 0.182 e. The van der Waals surface area contributed by atoms with Crippen molar-refractivity contribution in [3.63, 3.8) is 0 Å². The van der Waals surface area contributed by atoms with Crippen LogP contribution in [0.2, 0.25) is 0 Å². The Hall–Kier alpha value is -2.17. The highest BCUT2D eigenvalue weighted by atomic mass is 16.3. The van der Waals surface area contributed by atoms with Crippen LogP contribution >= 0.6 is 0 Å². The molecular weight excluding hydrogens is 220 g/mol. The average Bonchev–Trinajstić information content (AvgIpc) is 2.20. The van der Waals surface area contributed by atoms with Crippen LogP contribution in [0.4, 0.5) is 5.69 Å². The Balaban J connectivity index is 2.58. The van der Waals surface area contributed by atoms with E-state index in [1.165, 1.54) is 6.92 Å². The molecule has 2 N–H and O–H groups in total. The topological polar surface area (TPSA) is 78.8 Å². The third-order valence-electron chi connectivity index (χ3n) is 1.97. The molecule has 0 aliphatic rings. The van der Waals surface area contributed by atoms with E-state index in [-0.39, 0.29) is 23.7 Å². The van der Waals surface area contributed by atoms with Gasteiger partial charge in [0, 0.05) is 0 Å². The molecule has 1 aromatic rings. The molecule has 0 bridgehead atoms. The van der Waals surface area contributed by atoms with Gasteiger partial charge < -0.3 is 5.11 Å². The number of hydrogen-bond acceptors (Lipinski definition) is 5. The van der Waals surface area contributed by atoms with Crippen molar-refractivity contribution < 1.29 is 14.7 Å². The molecule has 17 heavy (non-hydrogen) atoms. The van der Waals surface area contributed by atoms with E-state index in [1.807, 2.05) is 6.92 Å². The van der Waals surface area contributed by atoms with Crippen LogP contribution in [-0.2, 0) is 9.59 Å². The molecule has 0 saturated heterocycles. The SMILES string of the molecule is CC(=O)CC(=O)/C=N/Nc1ccc(C)cc1O. The Morgan fingerprint density at radius 1 is 1.47 bits per heavy atom. The lowest BCUT2D eigenvalue weighted by Crippen LogP contribution is -2.06. The lowest BCUT2D eigenvalue weighted by atomic mass is 10.2. The molecular formula is C12H14N2O3. The number of benzene rings is 1. The fraction of sp³-hybridized carbons (Fsp3) is 0.250. The van der Waals surface area contributed by atoms with E-state index in [4.69, 9.17) is 0 Å². The molecule has 0 aromatic heterocycles. The van der Waals surface area contributed by atoms with Gasteiger partial charge in [0.15, 0.2) is 5.78 Å². The highest BCUT2D eigenvalue weighted by Crippen LogP contribution is 2.23. The summed E-state index contributed by atoms with van der Waals surface area (Å²) in [6.07, 6.45) is 0.867. The molecule has 5 nitrogen and oxygen atoms in total. The molecule has 0 radical (unpaired) electrons. The number of hydrogen-bond donors (Lipinski definition) is 2. The number of phenols is 1. The van der Waals surface area contributed by atoms with Crippen molar-refractivity contribution in [2.75, 3.05) is 5.43 Å². The Kier molecular flexibility index (Phi) is 4.39. The van der Waals surface area contributed by atoms with E-state index in [0.29, 0.717) is 5.69 Å². The van der Waals surface area contributed by atoms with E-state index in [0.717, 1.165) is 11.8 Å². The van der Waals surface area contributed by atoms with Crippen LogP contribution in [0.5, 0.6) is 5.75 Å². The zero-order chi connectivity index (χ0) is 12.8. The molecule has 0 saturated carbocycles. The normalized spacial score (nSPS) is 10.5. The number of aryl methyl sites for hydroxylation is 1. The maximum absolute atomic E-state index is 11.1. The van der Waals surface area contributed by atoms with Gasteiger partial charge in [0.2, 0.25) is 0 Å². The number of hydrazone groups is 1. The summed E-state index contributed by atoms with van der Waals surface area (Å²) in [5.41, 5.74) is 3.86. The second kappa shape index (κ2) is 5.79. The number of phenolic OH excluding ortho intramolecular Hbond substituents is 1. The zero-order valence-corrected chi connectivity index (χ0v) is 9.73. The molecule has 0 heterocycles. The minimum absolute atomic E-state index is 0.0566. The van der Waals surface area contributed by atoms with Crippen molar-refractivity contribution in [2.45, 2.75) is 20.3 Å². The van der Waals surface area contributed by atoms with Crippen LogP contribution < -0.4 is 5.43 Å². The Morgan fingerprint density at radius 2 is 2.18 bits per heavy atom. The molecule has 1 aromatic carbocycles. The number of nitrogens with one attached hydrogen (secondary N) is 1. The predicted octanol–water partition coefficient (Wildman–Crippen LogP) is 1.65. The number of nitrogens with zero attached hydrogens (tertiary/aromatic N) is 1. The average molecular weight is 234 g/mol. The first-order valence-electron chi connectivity index (χ1n) is 5.10. The van der Waals surface area contributed by atoms with Crippen LogP contribution in [0.1, 0.15) is 18.9 Å². The number of aromatic hydroxyl groups is 1. The summed E-state index contributed by atoms with van der Waals surface area (Å²) in [5, 5.41) is 13.2. The Bertz CT molecular complexity index is 467. The van der Waals surface area contributed by atoms with Gasteiger partial charge in [0.25, 0.3) is 0 Å². The summed E-state index contributed by atoms with van der Waals surface area (Å²) in [6, 6.07) is 5.03. The van der Waals surface area contributed by atoms with Crippen molar-refractivity contribution >= 4 is 23.5 Å². The minimum Gasteiger partial charge on any atom is -0.506 e. The molecule has 0 aliphatic heterocycles. The standard InChI is InChI=1S/C12H14N2O3/c1-8-3-4-11(12(17)5-8)14-13-7-10(16)6-9(2)15/h3-5,7,14,17H,6H2,1-2H3/b13-7+. The molecule has 5 heteroatoms. The van der Waals surface area contributed by atoms with Crippen molar-refractivity contribution in [1.29, 1.82) is 0 Å². The van der Waals surface area contributed by atoms with E-state index < -0.39 is 0 Å². The molecule has 0 unspecified atom stereocenters. The largest absolute Gasteiger partial charge is 0.506 e. The Labute approximate surface area is 99.2 Å². The van der Waals surface area contributed by atoms with E-state index in [2.05, 4.69) is 10.5 Å². The van der Waals surface area contributed by atoms with E-state index in [9.17, 15) is 14.7 Å². The van der Waals surface area contributed by atoms with Crippen molar-refractivity contribution in [3.8, 4) is 5.75 Å². The number of Topliss-reactive ketones (excluding diaryl/α,β-unsaturated/α-hetero) is 2. The molecule has 1 rings (SSSR count). The quantitative estimate of drug-likeness (QED) is 0.351. The van der Waals surface area contributed by atoms with E-state index in [1.54, 1.807) is 18.2 Å². The van der Waals surface area contributed by atoms with Gasteiger partial charge in [-0.05, 0) is 31.5 Å². The summed E-state index contributed by atoms with van der Waals surface area (Å²) in [4.78, 5) is 21.7. The zero-order valence-electron chi connectivity index (χ0n) is 9.73. The number of anilines is 1. The fourth-order valence-corrected chi connectivity index (χ4v) is 1.20. The second-order valence-corrected chi connectivity index (χ2v) is 3.74. The Morgan fingerprint density at radius 3 is 2.76 bits per heavy atom. The maximum Gasteiger partial charge on any atom is 0.182 e. The van der Waals surface area contributed by atoms with Gasteiger partial charge in [-0.3, -0.25) is 15.0 Å². The van der Waals surface area contributed by atoms with Gasteiger partial charge in [-0.1, -0.05) is 6.07 Å². The molecule has 0 spiro atoms. The van der Waals surface area contributed by atoms with Gasteiger partial charge in [-0.25, -0.2) is 0 Å². The number of rotatable bonds is 5. The van der Waals surface area contributed by atoms with Crippen LogP contribution in [0, 0.1) is 6.92 Å². The van der Waals surface area contributed by atoms with Crippen LogP contribution in [-0.4, -0.2) is 22.9 Å². The van der Waals surface area contributed by atoms with Crippen molar-refractivity contribution in [2.24, 2.45) is 5.10 Å². The molecule has 0 fully saturated rings. The molecule has 0 amide bonds. The third-order valence-corrected chi connectivity index (χ3v) is 1.97. The van der Waals surface area contributed by atoms with Gasteiger partial charge in [-0.2, -0.15) is 5.10 Å². The van der Waals surface area contributed by atoms with Crippen molar-refractivity contribution in [1.82, 2.24) is 0 Å². The second-order valence-electron chi connectivity index (χ2n) is 3.74. The molecule has 0 aliphatic carbocycles. The first-order chi connectivity index (χ1) is 7.99. The van der Waals surface area contributed by atoms with Gasteiger partial charge >= 0.3 is 0 Å². The van der Waals surface area contributed by atoms with Gasteiger partial charge in [0.1, 0.15) is 11.5 Å². The van der Waals surface area contributed by atoms with Crippen LogP contribution in [0.25, 0.3) is 0 Å². The first kappa shape index (κ1) is 12.9. The monoisotopic (exact) mass is 234 g/mol. The number of carbonyl (C=O) groups is 2. The molecule has 90 valence electrons. The lowest BCUT2D eigenvalue weighted by molar-refractivity contribution is -0.122. The summed E-state index contributed by atoms with van der Waals surface area (Å²) in [7, 11) is 0. The summed E-state index contributed by atoms with van der Waals surface area (Å²) in [6.45, 7) is 3.19. The first-order valence-corrected chi connectivity index (χ1v) is 5.10. The van der Waals surface area contributed by atoms with Gasteiger partial charge in [-0.15, -0.1) is 0 Å². The number of carbonyl (C=O) groups excluding carboxylic acids is 2. The van der Waals surface area contributed by atoms with Gasteiger partial charge in [0.05, 0.1) is 18.3 Å². The summed E-state index contributed by atoms with van der Waals surface area (Å²) < 4.78 is 0. The highest BCUT2D eigenvalue weighted by molar-refractivity contribution is 6.31. The third kappa shape index (κ3) is 4.46. The highest BCUT2D eigenvalue weighted by Gasteiger charge is 2.02. The van der Waals surface area contributed by atoms with Crippen molar-refractivity contribution in [3.05, 3.63) is 23.8 Å². The summed E-state index contributed by atoms with van der Waals surface area (Å²) >= 11 is 0. The number of ketones is 2.